The molecule has 0 amide bonds. The van der Waals surface area contributed by atoms with E-state index in [0.717, 1.165) is 19.6 Å². The number of likely N-dealkylation sites (N-methyl/N-ethyl adjacent to an activating group) is 2. The van der Waals surface area contributed by atoms with Crippen LogP contribution in [0.25, 0.3) is 10.9 Å². The van der Waals surface area contributed by atoms with Crippen molar-refractivity contribution in [1.29, 1.82) is 0 Å². The fraction of sp³-hybridized carbons (Fsp3) is 0.500. The lowest BCUT2D eigenvalue weighted by atomic mass is 10.2. The Hall–Kier alpha value is -1.92. The van der Waals surface area contributed by atoms with Crippen molar-refractivity contribution in [3.05, 3.63) is 34.9 Å². The first-order valence-electron chi connectivity index (χ1n) is 7.50. The van der Waals surface area contributed by atoms with Crippen molar-refractivity contribution in [3.8, 4) is 5.75 Å². The van der Waals surface area contributed by atoms with E-state index in [0.29, 0.717) is 29.2 Å². The van der Waals surface area contributed by atoms with E-state index >= 15 is 0 Å². The second kappa shape index (κ2) is 6.06. The molecule has 0 spiro atoms. The number of benzene rings is 1. The van der Waals surface area contributed by atoms with Crippen LogP contribution >= 0.6 is 0 Å². The molecule has 1 saturated heterocycles. The van der Waals surface area contributed by atoms with Gasteiger partial charge in [0, 0.05) is 32.2 Å². The zero-order valence-corrected chi connectivity index (χ0v) is 13.3. The summed E-state index contributed by atoms with van der Waals surface area (Å²) >= 11 is 0. The predicted octanol–water partition coefficient (Wildman–Crippen LogP) is 0.651. The van der Waals surface area contributed by atoms with E-state index < -0.39 is 0 Å². The molecule has 1 atom stereocenters. The Labute approximate surface area is 129 Å². The molecular formula is C16H22N4O2. The maximum atomic E-state index is 12.7. The molecule has 22 heavy (non-hydrogen) atoms. The van der Waals surface area contributed by atoms with Crippen LogP contribution in [0.2, 0.25) is 0 Å². The second-order valence-electron chi connectivity index (χ2n) is 5.98. The SMILES string of the molecule is COc1ccc2ncn(C[C@@H]3CN(C)CCN3C)c(=O)c2c1. The highest BCUT2D eigenvalue weighted by atomic mass is 16.5. The van der Waals surface area contributed by atoms with Gasteiger partial charge >= 0.3 is 0 Å². The Morgan fingerprint density at radius 2 is 2.14 bits per heavy atom. The van der Waals surface area contributed by atoms with E-state index in [4.69, 9.17) is 4.74 Å². The van der Waals surface area contributed by atoms with Crippen LogP contribution in [0, 0.1) is 0 Å². The van der Waals surface area contributed by atoms with Gasteiger partial charge in [0.15, 0.2) is 0 Å². The molecule has 6 nitrogen and oxygen atoms in total. The predicted molar refractivity (Wildman–Crippen MR) is 86.5 cm³/mol. The highest BCUT2D eigenvalue weighted by Gasteiger charge is 2.23. The smallest absolute Gasteiger partial charge is 0.261 e. The third kappa shape index (κ3) is 2.84. The van der Waals surface area contributed by atoms with Gasteiger partial charge in [-0.05, 0) is 32.3 Å². The molecule has 2 heterocycles. The van der Waals surface area contributed by atoms with Crippen molar-refractivity contribution in [2.45, 2.75) is 12.6 Å². The van der Waals surface area contributed by atoms with Crippen LogP contribution in [0.4, 0.5) is 0 Å². The minimum Gasteiger partial charge on any atom is -0.497 e. The zero-order valence-electron chi connectivity index (χ0n) is 13.3. The summed E-state index contributed by atoms with van der Waals surface area (Å²) in [7, 11) is 5.83. The fourth-order valence-corrected chi connectivity index (χ4v) is 2.92. The third-order valence-corrected chi connectivity index (χ3v) is 4.42. The quantitative estimate of drug-likeness (QED) is 0.833. The number of methoxy groups -OCH3 is 1. The lowest BCUT2D eigenvalue weighted by molar-refractivity contribution is 0.102. The van der Waals surface area contributed by atoms with Gasteiger partial charge in [-0.25, -0.2) is 4.98 Å². The first-order chi connectivity index (χ1) is 10.6. The number of hydrogen-bond donors (Lipinski definition) is 0. The van der Waals surface area contributed by atoms with Gasteiger partial charge in [-0.15, -0.1) is 0 Å². The van der Waals surface area contributed by atoms with E-state index in [1.807, 2.05) is 12.1 Å². The molecule has 0 aliphatic carbocycles. The molecular weight excluding hydrogens is 280 g/mol. The van der Waals surface area contributed by atoms with Crippen LogP contribution in [0.1, 0.15) is 0 Å². The molecule has 0 saturated carbocycles. The highest BCUT2D eigenvalue weighted by Crippen LogP contribution is 2.16. The van der Waals surface area contributed by atoms with Crippen LogP contribution in [0.15, 0.2) is 29.3 Å². The summed E-state index contributed by atoms with van der Waals surface area (Å²) in [5.74, 6) is 0.679. The van der Waals surface area contributed by atoms with E-state index in [1.54, 1.807) is 24.1 Å². The topological polar surface area (TPSA) is 50.6 Å². The van der Waals surface area contributed by atoms with Gasteiger partial charge in [0.25, 0.3) is 5.56 Å². The van der Waals surface area contributed by atoms with Gasteiger partial charge in [0.2, 0.25) is 0 Å². The highest BCUT2D eigenvalue weighted by molar-refractivity contribution is 5.78. The number of nitrogens with zero attached hydrogens (tertiary/aromatic N) is 4. The summed E-state index contributed by atoms with van der Waals surface area (Å²) in [6.07, 6.45) is 1.65. The number of piperazine rings is 1. The minimum atomic E-state index is -0.00877. The molecule has 3 rings (SSSR count). The van der Waals surface area contributed by atoms with Gasteiger partial charge in [-0.2, -0.15) is 0 Å². The Morgan fingerprint density at radius 3 is 2.91 bits per heavy atom. The molecule has 6 heteroatoms. The van der Waals surface area contributed by atoms with E-state index in [1.165, 1.54) is 0 Å². The first-order valence-corrected chi connectivity index (χ1v) is 7.50. The van der Waals surface area contributed by atoms with Gasteiger partial charge < -0.3 is 9.64 Å². The van der Waals surface area contributed by atoms with Gasteiger partial charge in [0.1, 0.15) is 5.75 Å². The van der Waals surface area contributed by atoms with Crippen molar-refractivity contribution in [1.82, 2.24) is 19.4 Å². The summed E-state index contributed by atoms with van der Waals surface area (Å²) in [4.78, 5) is 21.7. The monoisotopic (exact) mass is 302 g/mol. The van der Waals surface area contributed by atoms with Crippen molar-refractivity contribution in [2.75, 3.05) is 40.8 Å². The molecule has 118 valence electrons. The zero-order chi connectivity index (χ0) is 15.7. The maximum absolute atomic E-state index is 12.7. The first kappa shape index (κ1) is 15.0. The lowest BCUT2D eigenvalue weighted by Crippen LogP contribution is -2.52. The molecule has 1 aliphatic rings. The van der Waals surface area contributed by atoms with Crippen LogP contribution < -0.4 is 10.3 Å². The van der Waals surface area contributed by atoms with Crippen molar-refractivity contribution in [3.63, 3.8) is 0 Å². The third-order valence-electron chi connectivity index (χ3n) is 4.42. The number of aromatic nitrogens is 2. The molecule has 1 fully saturated rings. The average molecular weight is 302 g/mol. The number of hydrogen-bond acceptors (Lipinski definition) is 5. The van der Waals surface area contributed by atoms with E-state index in [-0.39, 0.29) is 5.56 Å². The van der Waals surface area contributed by atoms with Gasteiger partial charge in [0.05, 0.1) is 24.3 Å². The largest absolute Gasteiger partial charge is 0.497 e. The Balaban J connectivity index is 1.93. The van der Waals surface area contributed by atoms with E-state index in [2.05, 4.69) is 28.9 Å². The molecule has 1 aromatic carbocycles. The minimum absolute atomic E-state index is 0.00877. The number of fused-ring (bicyclic) bond motifs is 1. The standard InChI is InChI=1S/C16H22N4O2/c1-18-6-7-19(2)12(9-18)10-20-11-17-15-5-4-13(22-3)8-14(15)16(20)21/h4-5,8,11-12H,6-7,9-10H2,1-3H3/t12-/m0/s1. The van der Waals surface area contributed by atoms with Crippen LogP contribution in [-0.4, -0.2) is 66.2 Å². The molecule has 0 bridgehead atoms. The summed E-state index contributed by atoms with van der Waals surface area (Å²) in [6.45, 7) is 3.69. The van der Waals surface area contributed by atoms with Gasteiger partial charge in [-0.3, -0.25) is 14.3 Å². The van der Waals surface area contributed by atoms with Crippen molar-refractivity contribution < 1.29 is 4.74 Å². The van der Waals surface area contributed by atoms with Crippen LogP contribution in [0.5, 0.6) is 5.75 Å². The number of ether oxygens (including phenoxy) is 1. The number of rotatable bonds is 3. The normalized spacial score (nSPS) is 20.4. The van der Waals surface area contributed by atoms with Crippen LogP contribution in [-0.2, 0) is 6.54 Å². The molecule has 1 aliphatic heterocycles. The molecule has 1 aromatic heterocycles. The second-order valence-corrected chi connectivity index (χ2v) is 5.98. The summed E-state index contributed by atoms with van der Waals surface area (Å²) < 4.78 is 6.92. The molecule has 2 aromatic rings. The summed E-state index contributed by atoms with van der Waals surface area (Å²) in [6, 6.07) is 5.72. The molecule has 0 radical (unpaired) electrons. The summed E-state index contributed by atoms with van der Waals surface area (Å²) in [5.41, 5.74) is 0.696. The fourth-order valence-electron chi connectivity index (χ4n) is 2.92. The van der Waals surface area contributed by atoms with Crippen molar-refractivity contribution >= 4 is 10.9 Å². The summed E-state index contributed by atoms with van der Waals surface area (Å²) in [5, 5.41) is 0.605. The van der Waals surface area contributed by atoms with E-state index in [9.17, 15) is 4.79 Å². The van der Waals surface area contributed by atoms with Gasteiger partial charge in [-0.1, -0.05) is 0 Å². The molecule has 0 unspecified atom stereocenters. The Bertz CT molecular complexity index is 728. The molecule has 0 N–H and O–H groups in total. The average Bonchev–Trinajstić information content (AvgIpc) is 2.53. The lowest BCUT2D eigenvalue weighted by Gasteiger charge is -2.37. The van der Waals surface area contributed by atoms with Crippen LogP contribution in [0.3, 0.4) is 0 Å². The Morgan fingerprint density at radius 1 is 1.32 bits per heavy atom. The maximum Gasteiger partial charge on any atom is 0.261 e. The van der Waals surface area contributed by atoms with Crippen molar-refractivity contribution in [2.24, 2.45) is 0 Å². The Kier molecular flexibility index (Phi) is 4.13.